The number of hydrogen-bond donors (Lipinski definition) is 1. The van der Waals surface area contributed by atoms with E-state index in [0.717, 1.165) is 5.56 Å². The molecule has 1 atom stereocenters. The van der Waals surface area contributed by atoms with E-state index in [0.29, 0.717) is 22.8 Å². The van der Waals surface area contributed by atoms with Crippen molar-refractivity contribution in [2.75, 3.05) is 0 Å². The molecule has 21 heavy (non-hydrogen) atoms. The molecule has 0 aromatic heterocycles. The number of hydrogen-bond acceptors (Lipinski definition) is 2. The number of benzene rings is 2. The Bertz CT molecular complexity index is 632. The summed E-state index contributed by atoms with van der Waals surface area (Å²) in [5.74, 6) is -0.422. The van der Waals surface area contributed by atoms with Crippen molar-refractivity contribution in [3.05, 3.63) is 64.2 Å². The highest BCUT2D eigenvalue weighted by Crippen LogP contribution is 2.22. The molecule has 0 aliphatic heterocycles. The number of rotatable bonds is 5. The van der Waals surface area contributed by atoms with Crippen LogP contribution in [-0.2, 0) is 13.0 Å². The molecule has 112 valence electrons. The van der Waals surface area contributed by atoms with Crippen LogP contribution >= 0.6 is 11.6 Å². The quantitative estimate of drug-likeness (QED) is 0.902. The maximum absolute atomic E-state index is 13.5. The summed E-state index contributed by atoms with van der Waals surface area (Å²) < 4.78 is 32.2. The number of ether oxygens (including phenoxy) is 1. The van der Waals surface area contributed by atoms with E-state index in [4.69, 9.17) is 22.1 Å². The Morgan fingerprint density at radius 3 is 2.62 bits per heavy atom. The normalized spacial score (nSPS) is 12.2. The highest BCUT2D eigenvalue weighted by atomic mass is 35.5. The van der Waals surface area contributed by atoms with Gasteiger partial charge in [0, 0.05) is 22.7 Å². The van der Waals surface area contributed by atoms with Crippen LogP contribution in [0, 0.1) is 11.6 Å². The van der Waals surface area contributed by atoms with E-state index in [9.17, 15) is 8.78 Å². The first-order valence-electron chi connectivity index (χ1n) is 6.56. The van der Waals surface area contributed by atoms with Crippen molar-refractivity contribution in [2.24, 2.45) is 5.73 Å². The average molecular weight is 312 g/mol. The molecular formula is C16H16ClF2NO. The van der Waals surface area contributed by atoms with E-state index in [1.807, 2.05) is 6.92 Å². The lowest BCUT2D eigenvalue weighted by atomic mass is 10.1. The van der Waals surface area contributed by atoms with Crippen LogP contribution in [0.5, 0.6) is 5.75 Å². The summed E-state index contributed by atoms with van der Waals surface area (Å²) in [6.45, 7) is 1.91. The van der Waals surface area contributed by atoms with Crippen LogP contribution in [0.3, 0.4) is 0 Å². The van der Waals surface area contributed by atoms with Crippen LogP contribution in [0.4, 0.5) is 8.78 Å². The van der Waals surface area contributed by atoms with Gasteiger partial charge < -0.3 is 10.5 Å². The highest BCUT2D eigenvalue weighted by Gasteiger charge is 2.07. The van der Waals surface area contributed by atoms with Gasteiger partial charge in [0.15, 0.2) is 0 Å². The minimum Gasteiger partial charge on any atom is -0.489 e. The third-order valence-corrected chi connectivity index (χ3v) is 3.26. The molecule has 0 saturated heterocycles. The van der Waals surface area contributed by atoms with Crippen molar-refractivity contribution in [3.8, 4) is 5.75 Å². The SMILES string of the molecule is CC(N)Cc1cc(F)cc(OCc2cc(F)ccc2Cl)c1. The summed E-state index contributed by atoms with van der Waals surface area (Å²) in [4.78, 5) is 0. The summed E-state index contributed by atoms with van der Waals surface area (Å²) >= 11 is 5.96. The summed E-state index contributed by atoms with van der Waals surface area (Å²) in [7, 11) is 0. The van der Waals surface area contributed by atoms with Gasteiger partial charge in [0.1, 0.15) is 24.0 Å². The van der Waals surface area contributed by atoms with E-state index < -0.39 is 11.6 Å². The first-order valence-corrected chi connectivity index (χ1v) is 6.93. The molecule has 2 aromatic rings. The molecule has 0 aliphatic rings. The second-order valence-electron chi connectivity index (χ2n) is 5.00. The van der Waals surface area contributed by atoms with Gasteiger partial charge >= 0.3 is 0 Å². The Morgan fingerprint density at radius 1 is 1.14 bits per heavy atom. The van der Waals surface area contributed by atoms with Crippen molar-refractivity contribution >= 4 is 11.6 Å². The molecular weight excluding hydrogens is 296 g/mol. The van der Waals surface area contributed by atoms with E-state index in [-0.39, 0.29) is 12.6 Å². The van der Waals surface area contributed by atoms with Gasteiger partial charge in [0.2, 0.25) is 0 Å². The van der Waals surface area contributed by atoms with Gasteiger partial charge in [-0.3, -0.25) is 0 Å². The lowest BCUT2D eigenvalue weighted by Gasteiger charge is -2.11. The van der Waals surface area contributed by atoms with E-state index in [1.54, 1.807) is 6.07 Å². The van der Waals surface area contributed by atoms with Crippen molar-refractivity contribution in [1.29, 1.82) is 0 Å². The number of nitrogens with two attached hydrogens (primary N) is 1. The first-order chi connectivity index (χ1) is 9.94. The molecule has 2 rings (SSSR count). The molecule has 0 saturated carbocycles. The first kappa shape index (κ1) is 15.7. The van der Waals surface area contributed by atoms with Crippen LogP contribution in [-0.4, -0.2) is 6.04 Å². The van der Waals surface area contributed by atoms with Crippen LogP contribution in [0.2, 0.25) is 5.02 Å². The predicted molar refractivity (Wildman–Crippen MR) is 79.5 cm³/mol. The molecule has 0 spiro atoms. The van der Waals surface area contributed by atoms with Crippen LogP contribution in [0.25, 0.3) is 0 Å². The van der Waals surface area contributed by atoms with Gasteiger partial charge in [-0.1, -0.05) is 11.6 Å². The van der Waals surface area contributed by atoms with E-state index in [1.165, 1.54) is 30.3 Å². The van der Waals surface area contributed by atoms with Crippen molar-refractivity contribution in [3.63, 3.8) is 0 Å². The topological polar surface area (TPSA) is 35.2 Å². The Balaban J connectivity index is 2.12. The van der Waals surface area contributed by atoms with Gasteiger partial charge in [-0.25, -0.2) is 8.78 Å². The minimum atomic E-state index is -0.395. The largest absolute Gasteiger partial charge is 0.489 e. The van der Waals surface area contributed by atoms with Crippen molar-refractivity contribution in [2.45, 2.75) is 26.0 Å². The summed E-state index contributed by atoms with van der Waals surface area (Å²) in [6, 6.07) is 8.38. The Kier molecular flexibility index (Phi) is 5.15. The van der Waals surface area contributed by atoms with Crippen LogP contribution in [0.1, 0.15) is 18.1 Å². The zero-order chi connectivity index (χ0) is 15.4. The zero-order valence-corrected chi connectivity index (χ0v) is 12.3. The predicted octanol–water partition coefficient (Wildman–Crippen LogP) is 4.09. The molecule has 0 amide bonds. The third kappa shape index (κ3) is 4.69. The van der Waals surface area contributed by atoms with E-state index >= 15 is 0 Å². The fourth-order valence-electron chi connectivity index (χ4n) is 2.01. The standard InChI is InChI=1S/C16H16ClF2NO/c1-10(20)4-11-5-14(19)8-15(6-11)21-9-12-7-13(18)2-3-16(12)17/h2-3,5-8,10H,4,9,20H2,1H3. The average Bonchev–Trinajstić information content (AvgIpc) is 2.38. The highest BCUT2D eigenvalue weighted by molar-refractivity contribution is 6.31. The van der Waals surface area contributed by atoms with Crippen LogP contribution in [0.15, 0.2) is 36.4 Å². The smallest absolute Gasteiger partial charge is 0.127 e. The Labute approximate surface area is 127 Å². The van der Waals surface area contributed by atoms with Gasteiger partial charge in [0.25, 0.3) is 0 Å². The molecule has 2 N–H and O–H groups in total. The summed E-state index contributed by atoms with van der Waals surface area (Å²) in [5, 5.41) is 0.406. The fraction of sp³-hybridized carbons (Fsp3) is 0.250. The van der Waals surface area contributed by atoms with Gasteiger partial charge in [-0.05, 0) is 49.2 Å². The molecule has 0 radical (unpaired) electrons. The second-order valence-corrected chi connectivity index (χ2v) is 5.41. The van der Waals surface area contributed by atoms with Crippen LogP contribution < -0.4 is 10.5 Å². The molecule has 1 unspecified atom stereocenters. The molecule has 5 heteroatoms. The fourth-order valence-corrected chi connectivity index (χ4v) is 2.18. The third-order valence-electron chi connectivity index (χ3n) is 2.89. The maximum atomic E-state index is 13.5. The monoisotopic (exact) mass is 311 g/mol. The molecule has 0 fully saturated rings. The van der Waals surface area contributed by atoms with Crippen molar-refractivity contribution in [1.82, 2.24) is 0 Å². The zero-order valence-electron chi connectivity index (χ0n) is 11.6. The molecule has 0 heterocycles. The molecule has 0 bridgehead atoms. The molecule has 2 aromatic carbocycles. The van der Waals surface area contributed by atoms with Gasteiger partial charge in [-0.2, -0.15) is 0 Å². The lowest BCUT2D eigenvalue weighted by molar-refractivity contribution is 0.303. The molecule has 2 nitrogen and oxygen atoms in total. The van der Waals surface area contributed by atoms with Gasteiger partial charge in [0.05, 0.1) is 0 Å². The maximum Gasteiger partial charge on any atom is 0.127 e. The second kappa shape index (κ2) is 6.87. The summed E-state index contributed by atoms with van der Waals surface area (Å²) in [5.41, 5.74) is 6.97. The van der Waals surface area contributed by atoms with Gasteiger partial charge in [-0.15, -0.1) is 0 Å². The molecule has 0 aliphatic carbocycles. The Morgan fingerprint density at radius 2 is 1.90 bits per heavy atom. The minimum absolute atomic E-state index is 0.0671. The Hall–Kier alpha value is -1.65. The van der Waals surface area contributed by atoms with E-state index in [2.05, 4.69) is 0 Å². The number of halogens is 3. The van der Waals surface area contributed by atoms with Crippen molar-refractivity contribution < 1.29 is 13.5 Å². The lowest BCUT2D eigenvalue weighted by Crippen LogP contribution is -2.17. The summed E-state index contributed by atoms with van der Waals surface area (Å²) in [6.07, 6.45) is 0.550.